The van der Waals surface area contributed by atoms with Crippen LogP contribution in [0.2, 0.25) is 0 Å². The fourth-order valence-electron chi connectivity index (χ4n) is 2.22. The molecule has 1 aliphatic heterocycles. The lowest BCUT2D eigenvalue weighted by atomic mass is 10.1. The third kappa shape index (κ3) is 3.86. The molecular weight excluding hydrogens is 214 g/mol. The largest absolute Gasteiger partial charge is 0.508 e. The number of phenols is 1. The molecule has 0 aromatic heterocycles. The maximum Gasteiger partial charge on any atom is 0.138 e. The smallest absolute Gasteiger partial charge is 0.138 e. The van der Waals surface area contributed by atoms with E-state index >= 15 is 0 Å². The first-order chi connectivity index (χ1) is 8.24. The summed E-state index contributed by atoms with van der Waals surface area (Å²) in [6, 6.07) is 6.87. The molecular formula is C14H19NO2. The third-order valence-corrected chi connectivity index (χ3v) is 3.24. The SMILES string of the molecule is O=C(CCN1CCCC1)Cc1ccc(O)cc1. The second-order valence-electron chi connectivity index (χ2n) is 4.68. The van der Waals surface area contributed by atoms with Crippen molar-refractivity contribution in [2.24, 2.45) is 0 Å². The number of likely N-dealkylation sites (tertiary alicyclic amines) is 1. The number of hydrogen-bond donors (Lipinski definition) is 1. The lowest BCUT2D eigenvalue weighted by Crippen LogP contribution is -2.23. The number of rotatable bonds is 5. The molecule has 1 aromatic carbocycles. The van der Waals surface area contributed by atoms with Crippen molar-refractivity contribution in [2.45, 2.75) is 25.7 Å². The standard InChI is InChI=1S/C14H19NO2/c16-13-5-3-12(4-6-13)11-14(17)7-10-15-8-1-2-9-15/h3-6,16H,1-2,7-11H2. The van der Waals surface area contributed by atoms with Crippen molar-refractivity contribution in [3.8, 4) is 5.75 Å². The van der Waals surface area contributed by atoms with Gasteiger partial charge < -0.3 is 10.0 Å². The second-order valence-corrected chi connectivity index (χ2v) is 4.68. The molecule has 1 heterocycles. The van der Waals surface area contributed by atoms with Crippen molar-refractivity contribution in [1.29, 1.82) is 0 Å². The van der Waals surface area contributed by atoms with Gasteiger partial charge in [0.05, 0.1) is 0 Å². The maximum atomic E-state index is 11.8. The highest BCUT2D eigenvalue weighted by atomic mass is 16.3. The van der Waals surface area contributed by atoms with Gasteiger partial charge in [0.1, 0.15) is 11.5 Å². The second kappa shape index (κ2) is 5.82. The van der Waals surface area contributed by atoms with Crippen LogP contribution in [0.25, 0.3) is 0 Å². The first-order valence-electron chi connectivity index (χ1n) is 6.26. The summed E-state index contributed by atoms with van der Waals surface area (Å²) in [6.07, 6.45) is 3.66. The summed E-state index contributed by atoms with van der Waals surface area (Å²) in [5, 5.41) is 9.15. The van der Waals surface area contributed by atoms with E-state index in [4.69, 9.17) is 5.11 Å². The van der Waals surface area contributed by atoms with Gasteiger partial charge in [0.25, 0.3) is 0 Å². The van der Waals surface area contributed by atoms with E-state index < -0.39 is 0 Å². The molecule has 1 aliphatic rings. The number of benzene rings is 1. The summed E-state index contributed by atoms with van der Waals surface area (Å²) >= 11 is 0. The molecule has 92 valence electrons. The Morgan fingerprint density at radius 2 is 1.82 bits per heavy atom. The normalized spacial score (nSPS) is 16.2. The predicted molar refractivity (Wildman–Crippen MR) is 67.1 cm³/mol. The zero-order valence-corrected chi connectivity index (χ0v) is 10.1. The lowest BCUT2D eigenvalue weighted by Gasteiger charge is -2.13. The molecule has 0 radical (unpaired) electrons. The summed E-state index contributed by atoms with van der Waals surface area (Å²) in [6.45, 7) is 3.19. The summed E-state index contributed by atoms with van der Waals surface area (Å²) in [5.74, 6) is 0.529. The highest BCUT2D eigenvalue weighted by Gasteiger charge is 2.12. The molecule has 1 N–H and O–H groups in total. The fraction of sp³-hybridized carbons (Fsp3) is 0.500. The summed E-state index contributed by atoms with van der Waals surface area (Å²) < 4.78 is 0. The number of ketones is 1. The predicted octanol–water partition coefficient (Wildman–Crippen LogP) is 1.99. The minimum atomic E-state index is 0.248. The average molecular weight is 233 g/mol. The van der Waals surface area contributed by atoms with E-state index in [1.54, 1.807) is 12.1 Å². The van der Waals surface area contributed by atoms with Crippen molar-refractivity contribution >= 4 is 5.78 Å². The van der Waals surface area contributed by atoms with Crippen LogP contribution < -0.4 is 0 Å². The molecule has 1 aromatic rings. The number of nitrogens with zero attached hydrogens (tertiary/aromatic N) is 1. The first kappa shape index (κ1) is 12.1. The van der Waals surface area contributed by atoms with Crippen LogP contribution in [-0.4, -0.2) is 35.4 Å². The molecule has 0 spiro atoms. The summed E-state index contributed by atoms with van der Waals surface area (Å²) in [7, 11) is 0. The quantitative estimate of drug-likeness (QED) is 0.845. The number of hydrogen-bond acceptors (Lipinski definition) is 3. The van der Waals surface area contributed by atoms with Crippen LogP contribution in [-0.2, 0) is 11.2 Å². The van der Waals surface area contributed by atoms with E-state index in [0.29, 0.717) is 12.8 Å². The van der Waals surface area contributed by atoms with Crippen LogP contribution in [0, 0.1) is 0 Å². The van der Waals surface area contributed by atoms with Gasteiger partial charge in [0.2, 0.25) is 0 Å². The molecule has 1 saturated heterocycles. The first-order valence-corrected chi connectivity index (χ1v) is 6.26. The lowest BCUT2D eigenvalue weighted by molar-refractivity contribution is -0.118. The zero-order chi connectivity index (χ0) is 12.1. The van der Waals surface area contributed by atoms with E-state index in [1.165, 1.54) is 12.8 Å². The molecule has 3 heteroatoms. The van der Waals surface area contributed by atoms with Crippen molar-refractivity contribution in [2.75, 3.05) is 19.6 Å². The molecule has 1 fully saturated rings. The van der Waals surface area contributed by atoms with Gasteiger partial charge in [-0.25, -0.2) is 0 Å². The van der Waals surface area contributed by atoms with Gasteiger partial charge in [0.15, 0.2) is 0 Å². The summed E-state index contributed by atoms with van der Waals surface area (Å²) in [5.41, 5.74) is 0.981. The highest BCUT2D eigenvalue weighted by molar-refractivity contribution is 5.81. The van der Waals surface area contributed by atoms with Crippen LogP contribution in [0.3, 0.4) is 0 Å². The Hall–Kier alpha value is -1.35. The van der Waals surface area contributed by atoms with E-state index in [9.17, 15) is 4.79 Å². The Morgan fingerprint density at radius 3 is 2.47 bits per heavy atom. The van der Waals surface area contributed by atoms with Gasteiger partial charge in [-0.3, -0.25) is 4.79 Å². The van der Waals surface area contributed by atoms with Crippen molar-refractivity contribution in [3.05, 3.63) is 29.8 Å². The Balaban J connectivity index is 1.74. The van der Waals surface area contributed by atoms with Gasteiger partial charge in [-0.2, -0.15) is 0 Å². The zero-order valence-electron chi connectivity index (χ0n) is 10.1. The van der Waals surface area contributed by atoms with Crippen LogP contribution in [0.4, 0.5) is 0 Å². The molecule has 3 nitrogen and oxygen atoms in total. The van der Waals surface area contributed by atoms with Gasteiger partial charge in [-0.15, -0.1) is 0 Å². The van der Waals surface area contributed by atoms with Crippen LogP contribution in [0.15, 0.2) is 24.3 Å². The molecule has 0 aliphatic carbocycles. The van der Waals surface area contributed by atoms with E-state index in [1.807, 2.05) is 12.1 Å². The number of Topliss-reactive ketones (excluding diaryl/α,β-unsaturated/α-hetero) is 1. The van der Waals surface area contributed by atoms with E-state index in [2.05, 4.69) is 4.90 Å². The molecule has 0 atom stereocenters. The number of carbonyl (C=O) groups excluding carboxylic acids is 1. The molecule has 2 rings (SSSR count). The Morgan fingerprint density at radius 1 is 1.18 bits per heavy atom. The summed E-state index contributed by atoms with van der Waals surface area (Å²) in [4.78, 5) is 14.1. The van der Waals surface area contributed by atoms with Crippen molar-refractivity contribution in [1.82, 2.24) is 4.90 Å². The minimum absolute atomic E-state index is 0.248. The Bertz CT molecular complexity index is 366. The fourth-order valence-corrected chi connectivity index (χ4v) is 2.22. The van der Waals surface area contributed by atoms with E-state index in [-0.39, 0.29) is 11.5 Å². The molecule has 0 saturated carbocycles. The molecule has 0 bridgehead atoms. The molecule has 0 amide bonds. The van der Waals surface area contributed by atoms with Gasteiger partial charge in [0, 0.05) is 19.4 Å². The van der Waals surface area contributed by atoms with Crippen LogP contribution in [0.1, 0.15) is 24.8 Å². The molecule has 17 heavy (non-hydrogen) atoms. The number of phenolic OH excluding ortho intramolecular Hbond substituents is 1. The van der Waals surface area contributed by atoms with Crippen LogP contribution >= 0.6 is 0 Å². The molecule has 0 unspecified atom stereocenters. The van der Waals surface area contributed by atoms with Crippen molar-refractivity contribution < 1.29 is 9.90 Å². The van der Waals surface area contributed by atoms with Gasteiger partial charge in [-0.1, -0.05) is 12.1 Å². The highest BCUT2D eigenvalue weighted by Crippen LogP contribution is 2.12. The third-order valence-electron chi connectivity index (χ3n) is 3.24. The van der Waals surface area contributed by atoms with Gasteiger partial charge in [-0.05, 0) is 43.6 Å². The number of carbonyl (C=O) groups is 1. The monoisotopic (exact) mass is 233 g/mol. The van der Waals surface area contributed by atoms with Gasteiger partial charge >= 0.3 is 0 Å². The van der Waals surface area contributed by atoms with Crippen molar-refractivity contribution in [3.63, 3.8) is 0 Å². The Kier molecular flexibility index (Phi) is 4.15. The Labute approximate surface area is 102 Å². The maximum absolute atomic E-state index is 11.8. The topological polar surface area (TPSA) is 40.5 Å². The van der Waals surface area contributed by atoms with Crippen LogP contribution in [0.5, 0.6) is 5.75 Å². The number of aromatic hydroxyl groups is 1. The van der Waals surface area contributed by atoms with E-state index in [0.717, 1.165) is 25.2 Å². The average Bonchev–Trinajstić information content (AvgIpc) is 2.83. The minimum Gasteiger partial charge on any atom is -0.508 e.